The molecule has 0 radical (unpaired) electrons. The molecule has 1 aromatic rings. The van der Waals surface area contributed by atoms with Crippen LogP contribution in [0.5, 0.6) is 11.5 Å². The molecule has 0 bridgehead atoms. The highest BCUT2D eigenvalue weighted by Crippen LogP contribution is 2.39. The molecule has 2 amide bonds. The molecule has 2 saturated carbocycles. The van der Waals surface area contributed by atoms with Gasteiger partial charge in [-0.25, -0.2) is 0 Å². The van der Waals surface area contributed by atoms with Gasteiger partial charge in [-0.1, -0.05) is 18.9 Å². The summed E-state index contributed by atoms with van der Waals surface area (Å²) < 4.78 is 10.6. The van der Waals surface area contributed by atoms with Crippen LogP contribution >= 0.6 is 0 Å². The molecule has 2 atom stereocenters. The Bertz CT molecular complexity index is 654. The van der Waals surface area contributed by atoms with Crippen LogP contribution in [0.3, 0.4) is 0 Å². The summed E-state index contributed by atoms with van der Waals surface area (Å²) >= 11 is 0. The molecule has 2 fully saturated rings. The Labute approximate surface area is 140 Å². The minimum absolute atomic E-state index is 0.0424. The zero-order chi connectivity index (χ0) is 16.5. The number of amides is 2. The first kappa shape index (κ1) is 15.3. The molecular formula is C18H22N2O4. The molecule has 2 unspecified atom stereocenters. The van der Waals surface area contributed by atoms with E-state index >= 15 is 0 Å². The van der Waals surface area contributed by atoms with E-state index in [2.05, 4.69) is 10.6 Å². The highest BCUT2D eigenvalue weighted by atomic mass is 16.7. The highest BCUT2D eigenvalue weighted by molar-refractivity contribution is 5.92. The molecule has 0 spiro atoms. The molecule has 4 rings (SSSR count). The first-order valence-corrected chi connectivity index (χ1v) is 8.67. The smallest absolute Gasteiger partial charge is 0.231 e. The summed E-state index contributed by atoms with van der Waals surface area (Å²) in [4.78, 5) is 24.4. The first-order valence-electron chi connectivity index (χ1n) is 8.67. The molecule has 2 aliphatic carbocycles. The van der Waals surface area contributed by atoms with Crippen molar-refractivity contribution in [2.24, 2.45) is 11.8 Å². The van der Waals surface area contributed by atoms with Gasteiger partial charge >= 0.3 is 0 Å². The molecule has 24 heavy (non-hydrogen) atoms. The number of carbonyl (C=O) groups excluding carboxylic acids is 2. The van der Waals surface area contributed by atoms with E-state index in [-0.39, 0.29) is 30.4 Å². The van der Waals surface area contributed by atoms with E-state index < -0.39 is 0 Å². The average molecular weight is 330 g/mol. The highest BCUT2D eigenvalue weighted by Gasteiger charge is 2.48. The third-order valence-electron chi connectivity index (χ3n) is 5.07. The summed E-state index contributed by atoms with van der Waals surface area (Å²) in [6, 6.07) is 5.94. The molecule has 1 heterocycles. The number of ether oxygens (including phenoxy) is 2. The monoisotopic (exact) mass is 330 g/mol. The third kappa shape index (κ3) is 3.18. The molecule has 6 heteroatoms. The van der Waals surface area contributed by atoms with E-state index in [9.17, 15) is 9.59 Å². The van der Waals surface area contributed by atoms with E-state index in [1.54, 1.807) is 0 Å². The van der Waals surface area contributed by atoms with Gasteiger partial charge in [0.25, 0.3) is 0 Å². The standard InChI is InChI=1S/C18H22N2O4/c21-17(13-8-14(13)18(22)20-12-3-1-2-4-12)19-9-11-5-6-15-16(7-11)24-10-23-15/h5-7,12-14H,1-4,8-10H2,(H,19,21)(H,20,22). The van der Waals surface area contributed by atoms with Crippen molar-refractivity contribution in [2.75, 3.05) is 6.79 Å². The van der Waals surface area contributed by atoms with Crippen molar-refractivity contribution in [3.05, 3.63) is 23.8 Å². The van der Waals surface area contributed by atoms with Gasteiger partial charge in [-0.3, -0.25) is 9.59 Å². The van der Waals surface area contributed by atoms with E-state index in [0.717, 1.165) is 24.2 Å². The largest absolute Gasteiger partial charge is 0.454 e. The molecule has 1 aromatic carbocycles. The Balaban J connectivity index is 1.24. The van der Waals surface area contributed by atoms with Crippen LogP contribution in [-0.4, -0.2) is 24.6 Å². The van der Waals surface area contributed by atoms with Crippen molar-refractivity contribution in [2.45, 2.75) is 44.7 Å². The lowest BCUT2D eigenvalue weighted by molar-refractivity contribution is -0.127. The SMILES string of the molecule is O=C(NCc1ccc2c(c1)OCO2)C1CC1C(=O)NC1CCCC1. The number of hydrogen-bond acceptors (Lipinski definition) is 4. The van der Waals surface area contributed by atoms with Gasteiger partial charge in [-0.2, -0.15) is 0 Å². The fraction of sp³-hybridized carbons (Fsp3) is 0.556. The molecule has 128 valence electrons. The van der Waals surface area contributed by atoms with Crippen LogP contribution in [0.25, 0.3) is 0 Å². The fourth-order valence-electron chi connectivity index (χ4n) is 3.52. The average Bonchev–Trinajstić information content (AvgIpc) is 2.99. The van der Waals surface area contributed by atoms with Crippen molar-refractivity contribution >= 4 is 11.8 Å². The van der Waals surface area contributed by atoms with E-state index in [4.69, 9.17) is 9.47 Å². The Morgan fingerprint density at radius 3 is 2.62 bits per heavy atom. The first-order chi connectivity index (χ1) is 11.7. The number of hydrogen-bond donors (Lipinski definition) is 2. The summed E-state index contributed by atoms with van der Waals surface area (Å²) in [6.07, 6.45) is 5.18. The van der Waals surface area contributed by atoms with Crippen LogP contribution in [0.1, 0.15) is 37.7 Å². The van der Waals surface area contributed by atoms with Crippen molar-refractivity contribution in [1.29, 1.82) is 0 Å². The van der Waals surface area contributed by atoms with E-state index in [1.807, 2.05) is 18.2 Å². The van der Waals surface area contributed by atoms with Gasteiger partial charge in [0.2, 0.25) is 18.6 Å². The number of rotatable bonds is 5. The Hall–Kier alpha value is -2.24. The molecule has 0 aromatic heterocycles. The van der Waals surface area contributed by atoms with Gasteiger partial charge in [-0.05, 0) is 37.0 Å². The molecule has 6 nitrogen and oxygen atoms in total. The fourth-order valence-corrected chi connectivity index (χ4v) is 3.52. The van der Waals surface area contributed by atoms with Crippen LogP contribution in [-0.2, 0) is 16.1 Å². The lowest BCUT2D eigenvalue weighted by Gasteiger charge is -2.11. The topological polar surface area (TPSA) is 76.7 Å². The minimum Gasteiger partial charge on any atom is -0.454 e. The summed E-state index contributed by atoms with van der Waals surface area (Å²) in [5.41, 5.74) is 0.959. The van der Waals surface area contributed by atoms with E-state index in [0.29, 0.717) is 24.8 Å². The second-order valence-electron chi connectivity index (χ2n) is 6.84. The van der Waals surface area contributed by atoms with Gasteiger partial charge in [0, 0.05) is 12.6 Å². The summed E-state index contributed by atoms with van der Waals surface area (Å²) in [5.74, 6) is 1.12. The van der Waals surface area contributed by atoms with Crippen LogP contribution in [0, 0.1) is 11.8 Å². The van der Waals surface area contributed by atoms with Crippen LogP contribution in [0.15, 0.2) is 18.2 Å². The predicted octanol–water partition coefficient (Wildman–Crippen LogP) is 1.73. The normalized spacial score (nSPS) is 24.7. The quantitative estimate of drug-likeness (QED) is 0.862. The van der Waals surface area contributed by atoms with Gasteiger partial charge in [0.1, 0.15) is 0 Å². The summed E-state index contributed by atoms with van der Waals surface area (Å²) in [7, 11) is 0. The van der Waals surface area contributed by atoms with Gasteiger partial charge < -0.3 is 20.1 Å². The van der Waals surface area contributed by atoms with Crippen molar-refractivity contribution in [1.82, 2.24) is 10.6 Å². The van der Waals surface area contributed by atoms with Crippen LogP contribution < -0.4 is 20.1 Å². The number of carbonyl (C=O) groups is 2. The van der Waals surface area contributed by atoms with Gasteiger partial charge in [-0.15, -0.1) is 0 Å². The maximum atomic E-state index is 12.2. The second kappa shape index (κ2) is 6.34. The number of benzene rings is 1. The summed E-state index contributed by atoms with van der Waals surface area (Å²) in [6.45, 7) is 0.675. The maximum Gasteiger partial charge on any atom is 0.231 e. The lowest BCUT2D eigenvalue weighted by Crippen LogP contribution is -2.35. The maximum absolute atomic E-state index is 12.2. The second-order valence-corrected chi connectivity index (χ2v) is 6.84. The summed E-state index contributed by atoms with van der Waals surface area (Å²) in [5, 5.41) is 5.99. The van der Waals surface area contributed by atoms with Gasteiger partial charge in [0.15, 0.2) is 11.5 Å². The molecule has 1 aliphatic heterocycles. The van der Waals surface area contributed by atoms with Crippen LogP contribution in [0.4, 0.5) is 0 Å². The number of fused-ring (bicyclic) bond motifs is 1. The van der Waals surface area contributed by atoms with Crippen molar-refractivity contribution in [3.8, 4) is 11.5 Å². The lowest BCUT2D eigenvalue weighted by atomic mass is 10.2. The van der Waals surface area contributed by atoms with Crippen molar-refractivity contribution < 1.29 is 19.1 Å². The molecule has 0 saturated heterocycles. The Morgan fingerprint density at radius 1 is 1.04 bits per heavy atom. The van der Waals surface area contributed by atoms with Crippen LogP contribution in [0.2, 0.25) is 0 Å². The predicted molar refractivity (Wildman–Crippen MR) is 86.4 cm³/mol. The van der Waals surface area contributed by atoms with Gasteiger partial charge in [0.05, 0.1) is 11.8 Å². The molecule has 2 N–H and O–H groups in total. The minimum atomic E-state index is -0.180. The Morgan fingerprint density at radius 2 is 1.79 bits per heavy atom. The molecule has 3 aliphatic rings. The van der Waals surface area contributed by atoms with E-state index in [1.165, 1.54) is 12.8 Å². The Kier molecular flexibility index (Phi) is 4.04. The number of nitrogens with one attached hydrogen (secondary N) is 2. The van der Waals surface area contributed by atoms with Crippen molar-refractivity contribution in [3.63, 3.8) is 0 Å². The third-order valence-corrected chi connectivity index (χ3v) is 5.07. The zero-order valence-corrected chi connectivity index (χ0v) is 13.5. The zero-order valence-electron chi connectivity index (χ0n) is 13.5. The molecular weight excluding hydrogens is 308 g/mol.